The molecular formula is C18H19FN6. The molecule has 4 rings (SSSR count). The molecule has 1 fully saturated rings. The van der Waals surface area contributed by atoms with E-state index < -0.39 is 0 Å². The highest BCUT2D eigenvalue weighted by atomic mass is 19.1. The van der Waals surface area contributed by atoms with Crippen LogP contribution in [0.5, 0.6) is 0 Å². The summed E-state index contributed by atoms with van der Waals surface area (Å²) in [5.74, 6) is 1.25. The summed E-state index contributed by atoms with van der Waals surface area (Å²) in [6.07, 6.45) is 3.63. The van der Waals surface area contributed by atoms with Gasteiger partial charge in [-0.2, -0.15) is 10.1 Å². The average Bonchev–Trinajstić information content (AvgIpc) is 3.09. The molecule has 0 amide bonds. The summed E-state index contributed by atoms with van der Waals surface area (Å²) in [5, 5.41) is 4.39. The molecule has 0 unspecified atom stereocenters. The molecule has 3 aromatic rings. The second kappa shape index (κ2) is 6.51. The number of nitrogens with zero attached hydrogens (tertiary/aromatic N) is 6. The number of hydrogen-bond acceptors (Lipinski definition) is 5. The van der Waals surface area contributed by atoms with Gasteiger partial charge in [0.1, 0.15) is 5.82 Å². The molecule has 0 spiro atoms. The molecule has 0 radical (unpaired) electrons. The molecule has 0 saturated carbocycles. The van der Waals surface area contributed by atoms with Crippen molar-refractivity contribution in [3.8, 4) is 5.82 Å². The lowest BCUT2D eigenvalue weighted by Crippen LogP contribution is -2.47. The first-order chi connectivity index (χ1) is 12.2. The van der Waals surface area contributed by atoms with Gasteiger partial charge in [-0.15, -0.1) is 0 Å². The quantitative estimate of drug-likeness (QED) is 0.734. The normalized spacial score (nSPS) is 14.8. The third-order valence-electron chi connectivity index (χ3n) is 4.34. The molecule has 6 nitrogen and oxygen atoms in total. The number of aromatic nitrogens is 4. The van der Waals surface area contributed by atoms with Crippen molar-refractivity contribution in [3.05, 3.63) is 60.3 Å². The van der Waals surface area contributed by atoms with E-state index in [9.17, 15) is 4.39 Å². The average molecular weight is 338 g/mol. The summed E-state index contributed by atoms with van der Waals surface area (Å²) >= 11 is 0. The second-order valence-electron chi connectivity index (χ2n) is 6.04. The number of piperazine rings is 1. The molecule has 1 aliphatic heterocycles. The number of rotatable bonds is 3. The molecule has 0 aliphatic carbocycles. The maximum Gasteiger partial charge on any atom is 0.227 e. The van der Waals surface area contributed by atoms with Crippen molar-refractivity contribution in [2.45, 2.75) is 6.92 Å². The molecule has 1 aliphatic rings. The first kappa shape index (κ1) is 15.6. The zero-order chi connectivity index (χ0) is 17.2. The molecule has 0 N–H and O–H groups in total. The van der Waals surface area contributed by atoms with Crippen LogP contribution in [0.4, 0.5) is 16.0 Å². The Kier molecular flexibility index (Phi) is 4.05. The molecule has 1 saturated heterocycles. The lowest BCUT2D eigenvalue weighted by molar-refractivity contribution is 0.593. The summed E-state index contributed by atoms with van der Waals surface area (Å²) in [4.78, 5) is 13.2. The van der Waals surface area contributed by atoms with Crippen LogP contribution >= 0.6 is 0 Å². The third-order valence-corrected chi connectivity index (χ3v) is 4.34. The second-order valence-corrected chi connectivity index (χ2v) is 6.04. The maximum absolute atomic E-state index is 13.9. The molecule has 0 bridgehead atoms. The van der Waals surface area contributed by atoms with E-state index in [1.54, 1.807) is 16.9 Å². The summed E-state index contributed by atoms with van der Waals surface area (Å²) in [6, 6.07) is 10.7. The van der Waals surface area contributed by atoms with Gasteiger partial charge in [0.15, 0.2) is 5.82 Å². The van der Waals surface area contributed by atoms with Gasteiger partial charge in [0, 0.05) is 44.6 Å². The van der Waals surface area contributed by atoms with Gasteiger partial charge in [-0.3, -0.25) is 0 Å². The Hall–Kier alpha value is -2.96. The fourth-order valence-electron chi connectivity index (χ4n) is 3.02. The Balaban J connectivity index is 1.49. The third kappa shape index (κ3) is 3.17. The molecule has 7 heteroatoms. The monoisotopic (exact) mass is 338 g/mol. The van der Waals surface area contributed by atoms with Crippen LogP contribution in [0.25, 0.3) is 5.82 Å². The number of aryl methyl sites for hydroxylation is 1. The van der Waals surface area contributed by atoms with Crippen LogP contribution in [-0.4, -0.2) is 45.9 Å². The topological polar surface area (TPSA) is 50.1 Å². The number of anilines is 2. The van der Waals surface area contributed by atoms with Crippen molar-refractivity contribution in [2.75, 3.05) is 36.0 Å². The van der Waals surface area contributed by atoms with Crippen LogP contribution in [0.15, 0.2) is 48.8 Å². The fraction of sp³-hybridized carbons (Fsp3) is 0.278. The van der Waals surface area contributed by atoms with Crippen LogP contribution < -0.4 is 9.80 Å². The van der Waals surface area contributed by atoms with Crippen molar-refractivity contribution in [2.24, 2.45) is 0 Å². The number of para-hydroxylation sites is 1. The van der Waals surface area contributed by atoms with Gasteiger partial charge in [0.25, 0.3) is 0 Å². The van der Waals surface area contributed by atoms with Crippen LogP contribution in [0.2, 0.25) is 0 Å². The Morgan fingerprint density at radius 3 is 2.44 bits per heavy atom. The summed E-state index contributed by atoms with van der Waals surface area (Å²) in [6.45, 7) is 4.90. The van der Waals surface area contributed by atoms with Crippen molar-refractivity contribution < 1.29 is 4.39 Å². The zero-order valence-corrected chi connectivity index (χ0v) is 14.0. The van der Waals surface area contributed by atoms with Gasteiger partial charge in [0.2, 0.25) is 5.95 Å². The molecular weight excluding hydrogens is 319 g/mol. The number of hydrogen-bond donors (Lipinski definition) is 0. The number of benzene rings is 1. The van der Waals surface area contributed by atoms with Gasteiger partial charge in [-0.1, -0.05) is 12.1 Å². The first-order valence-corrected chi connectivity index (χ1v) is 8.31. The van der Waals surface area contributed by atoms with Gasteiger partial charge in [-0.25, -0.2) is 14.1 Å². The minimum atomic E-state index is -0.178. The van der Waals surface area contributed by atoms with Crippen LogP contribution in [0.3, 0.4) is 0 Å². The van der Waals surface area contributed by atoms with Gasteiger partial charge >= 0.3 is 0 Å². The Morgan fingerprint density at radius 1 is 0.960 bits per heavy atom. The standard InChI is InChI=1S/C18H19FN6/c1-14-7-9-25(22-14)17-6-8-20-18(21-17)24-12-10-23(11-13-24)16-5-3-2-4-15(16)19/h2-9H,10-13H2,1H3. The van der Waals surface area contributed by atoms with E-state index in [0.29, 0.717) is 11.6 Å². The molecule has 25 heavy (non-hydrogen) atoms. The SMILES string of the molecule is Cc1ccn(-c2ccnc(N3CCN(c4ccccc4F)CC3)n2)n1. The van der Waals surface area contributed by atoms with Crippen molar-refractivity contribution >= 4 is 11.6 Å². The smallest absolute Gasteiger partial charge is 0.227 e. The molecule has 1 aromatic carbocycles. The Labute approximate surface area is 145 Å². The van der Waals surface area contributed by atoms with Crippen molar-refractivity contribution in [3.63, 3.8) is 0 Å². The predicted octanol–water partition coefficient (Wildman–Crippen LogP) is 2.44. The van der Waals surface area contributed by atoms with Crippen LogP contribution in [0.1, 0.15) is 5.69 Å². The Bertz CT molecular complexity index is 869. The Morgan fingerprint density at radius 2 is 1.72 bits per heavy atom. The lowest BCUT2D eigenvalue weighted by Gasteiger charge is -2.36. The van der Waals surface area contributed by atoms with Gasteiger partial charge < -0.3 is 9.80 Å². The predicted molar refractivity (Wildman–Crippen MR) is 94.7 cm³/mol. The summed E-state index contributed by atoms with van der Waals surface area (Å²) < 4.78 is 15.7. The summed E-state index contributed by atoms with van der Waals surface area (Å²) in [7, 11) is 0. The van der Waals surface area contributed by atoms with E-state index in [2.05, 4.69) is 24.9 Å². The maximum atomic E-state index is 13.9. The van der Waals surface area contributed by atoms with E-state index in [1.165, 1.54) is 6.07 Å². The minimum Gasteiger partial charge on any atom is -0.366 e. The van der Waals surface area contributed by atoms with E-state index in [4.69, 9.17) is 0 Å². The lowest BCUT2D eigenvalue weighted by atomic mass is 10.2. The largest absolute Gasteiger partial charge is 0.366 e. The summed E-state index contributed by atoms with van der Waals surface area (Å²) in [5.41, 5.74) is 1.60. The number of halogens is 1. The minimum absolute atomic E-state index is 0.178. The van der Waals surface area contributed by atoms with Crippen molar-refractivity contribution in [1.82, 2.24) is 19.7 Å². The van der Waals surface area contributed by atoms with Gasteiger partial charge in [0.05, 0.1) is 11.4 Å². The first-order valence-electron chi connectivity index (χ1n) is 8.31. The van der Waals surface area contributed by atoms with Crippen LogP contribution in [0, 0.1) is 12.7 Å². The molecule has 128 valence electrons. The zero-order valence-electron chi connectivity index (χ0n) is 14.0. The van der Waals surface area contributed by atoms with E-state index in [-0.39, 0.29) is 5.82 Å². The fourth-order valence-corrected chi connectivity index (χ4v) is 3.02. The molecule has 2 aromatic heterocycles. The molecule has 3 heterocycles. The van der Waals surface area contributed by atoms with E-state index in [0.717, 1.165) is 37.7 Å². The highest BCUT2D eigenvalue weighted by Gasteiger charge is 2.21. The van der Waals surface area contributed by atoms with E-state index >= 15 is 0 Å². The highest BCUT2D eigenvalue weighted by molar-refractivity contribution is 5.49. The van der Waals surface area contributed by atoms with Crippen LogP contribution in [-0.2, 0) is 0 Å². The highest BCUT2D eigenvalue weighted by Crippen LogP contribution is 2.21. The van der Waals surface area contributed by atoms with Gasteiger partial charge in [-0.05, 0) is 25.1 Å². The molecule has 0 atom stereocenters. The van der Waals surface area contributed by atoms with E-state index in [1.807, 2.05) is 37.4 Å². The van der Waals surface area contributed by atoms with Crippen molar-refractivity contribution in [1.29, 1.82) is 0 Å².